The lowest BCUT2D eigenvalue weighted by Gasteiger charge is -2.18. The van der Waals surface area contributed by atoms with Gasteiger partial charge in [0.15, 0.2) is 0 Å². The number of halogens is 1. The van der Waals surface area contributed by atoms with Gasteiger partial charge < -0.3 is 9.64 Å². The normalized spacial score (nSPS) is 16.7. The van der Waals surface area contributed by atoms with Crippen molar-refractivity contribution in [3.05, 3.63) is 65.4 Å². The molecular formula is C21H20ClN3O2. The molecule has 0 spiro atoms. The highest BCUT2D eigenvalue weighted by atomic mass is 35.5. The van der Waals surface area contributed by atoms with E-state index in [0.29, 0.717) is 18.0 Å². The predicted octanol–water partition coefficient (Wildman–Crippen LogP) is 4.33. The average Bonchev–Trinajstić information content (AvgIpc) is 3.33. The Kier molecular flexibility index (Phi) is 4.86. The van der Waals surface area contributed by atoms with Crippen LogP contribution < -0.4 is 9.64 Å². The smallest absolute Gasteiger partial charge is 0.230 e. The van der Waals surface area contributed by atoms with Gasteiger partial charge in [-0.25, -0.2) is 0 Å². The molecule has 1 aliphatic rings. The van der Waals surface area contributed by atoms with E-state index in [1.54, 1.807) is 19.5 Å². The SMILES string of the molecule is COc1cccc(CC2CCN(c3ccc(-c4cn[nH]c4)c(Cl)c3)C2=O)c1. The number of aromatic nitrogens is 2. The highest BCUT2D eigenvalue weighted by Crippen LogP contribution is 2.34. The van der Waals surface area contributed by atoms with Crippen molar-refractivity contribution in [2.45, 2.75) is 12.8 Å². The van der Waals surface area contributed by atoms with Gasteiger partial charge in [0.1, 0.15) is 5.75 Å². The third kappa shape index (κ3) is 3.55. The second-order valence-corrected chi connectivity index (χ2v) is 7.09. The number of rotatable bonds is 5. The molecule has 0 aliphatic carbocycles. The van der Waals surface area contributed by atoms with E-state index < -0.39 is 0 Å². The lowest BCUT2D eigenvalue weighted by molar-refractivity contribution is -0.120. The van der Waals surface area contributed by atoms with E-state index in [9.17, 15) is 4.79 Å². The summed E-state index contributed by atoms with van der Waals surface area (Å²) < 4.78 is 5.27. The number of carbonyl (C=O) groups is 1. The summed E-state index contributed by atoms with van der Waals surface area (Å²) in [5.74, 6) is 0.936. The Balaban J connectivity index is 1.51. The van der Waals surface area contributed by atoms with E-state index in [-0.39, 0.29) is 11.8 Å². The molecule has 2 aromatic carbocycles. The Morgan fingerprint density at radius 3 is 2.93 bits per heavy atom. The Morgan fingerprint density at radius 2 is 2.19 bits per heavy atom. The number of nitrogens with one attached hydrogen (secondary N) is 1. The summed E-state index contributed by atoms with van der Waals surface area (Å²) in [6, 6.07) is 13.6. The summed E-state index contributed by atoms with van der Waals surface area (Å²) in [4.78, 5) is 14.8. The Bertz CT molecular complexity index is 956. The van der Waals surface area contributed by atoms with Crippen LogP contribution in [0.4, 0.5) is 5.69 Å². The van der Waals surface area contributed by atoms with Crippen LogP contribution in [0.1, 0.15) is 12.0 Å². The van der Waals surface area contributed by atoms with Crippen molar-refractivity contribution in [2.75, 3.05) is 18.6 Å². The molecule has 1 amide bonds. The van der Waals surface area contributed by atoms with Gasteiger partial charge in [-0.15, -0.1) is 0 Å². The molecule has 1 saturated heterocycles. The predicted molar refractivity (Wildman–Crippen MR) is 106 cm³/mol. The van der Waals surface area contributed by atoms with Crippen molar-refractivity contribution in [1.29, 1.82) is 0 Å². The molecule has 0 bridgehead atoms. The fourth-order valence-electron chi connectivity index (χ4n) is 3.57. The van der Waals surface area contributed by atoms with Crippen molar-refractivity contribution >= 4 is 23.2 Å². The van der Waals surface area contributed by atoms with E-state index in [4.69, 9.17) is 16.3 Å². The zero-order chi connectivity index (χ0) is 18.8. The summed E-state index contributed by atoms with van der Waals surface area (Å²) in [7, 11) is 1.65. The van der Waals surface area contributed by atoms with Crippen LogP contribution in [0.2, 0.25) is 5.02 Å². The Morgan fingerprint density at radius 1 is 1.30 bits per heavy atom. The molecule has 0 saturated carbocycles. The first-order valence-corrected chi connectivity index (χ1v) is 9.26. The number of amides is 1. The number of benzene rings is 2. The summed E-state index contributed by atoms with van der Waals surface area (Å²) in [6.07, 6.45) is 5.07. The third-order valence-corrected chi connectivity index (χ3v) is 5.32. The van der Waals surface area contributed by atoms with E-state index in [1.807, 2.05) is 47.4 Å². The maximum atomic E-state index is 12.9. The van der Waals surface area contributed by atoms with Crippen LogP contribution in [0.3, 0.4) is 0 Å². The number of ether oxygens (including phenoxy) is 1. The summed E-state index contributed by atoms with van der Waals surface area (Å²) in [5.41, 5.74) is 3.78. The molecule has 1 N–H and O–H groups in total. The van der Waals surface area contributed by atoms with Gasteiger partial charge in [0.2, 0.25) is 5.91 Å². The average molecular weight is 382 g/mol. The van der Waals surface area contributed by atoms with E-state index in [2.05, 4.69) is 10.2 Å². The minimum atomic E-state index is -0.0237. The molecular weight excluding hydrogens is 362 g/mol. The van der Waals surface area contributed by atoms with Gasteiger partial charge in [-0.3, -0.25) is 9.89 Å². The number of methoxy groups -OCH3 is 1. The first kappa shape index (κ1) is 17.6. The maximum absolute atomic E-state index is 12.9. The quantitative estimate of drug-likeness (QED) is 0.715. The van der Waals surface area contributed by atoms with Crippen LogP contribution >= 0.6 is 11.6 Å². The zero-order valence-electron chi connectivity index (χ0n) is 15.0. The number of anilines is 1. The second-order valence-electron chi connectivity index (χ2n) is 6.68. The van der Waals surface area contributed by atoms with Gasteiger partial charge in [0.25, 0.3) is 0 Å². The fraction of sp³-hybridized carbons (Fsp3) is 0.238. The van der Waals surface area contributed by atoms with Gasteiger partial charge in [-0.05, 0) is 42.7 Å². The molecule has 0 radical (unpaired) electrons. The Labute approximate surface area is 162 Å². The summed E-state index contributed by atoms with van der Waals surface area (Å²) >= 11 is 6.45. The minimum absolute atomic E-state index is 0.0237. The molecule has 4 rings (SSSR count). The lowest BCUT2D eigenvalue weighted by atomic mass is 9.98. The molecule has 1 fully saturated rings. The third-order valence-electron chi connectivity index (χ3n) is 5.01. The molecule has 1 unspecified atom stereocenters. The van der Waals surface area contributed by atoms with Gasteiger partial charge >= 0.3 is 0 Å². The van der Waals surface area contributed by atoms with Crippen LogP contribution in [0.25, 0.3) is 11.1 Å². The van der Waals surface area contributed by atoms with Crippen molar-refractivity contribution in [1.82, 2.24) is 10.2 Å². The molecule has 1 aromatic heterocycles. The van der Waals surface area contributed by atoms with Crippen LogP contribution in [0.15, 0.2) is 54.9 Å². The first-order valence-electron chi connectivity index (χ1n) is 8.88. The molecule has 3 aromatic rings. The van der Waals surface area contributed by atoms with E-state index >= 15 is 0 Å². The molecule has 1 aliphatic heterocycles. The number of hydrogen-bond acceptors (Lipinski definition) is 3. The lowest BCUT2D eigenvalue weighted by Crippen LogP contribution is -2.27. The second kappa shape index (κ2) is 7.45. The number of nitrogens with zero attached hydrogens (tertiary/aromatic N) is 2. The zero-order valence-corrected chi connectivity index (χ0v) is 15.7. The topological polar surface area (TPSA) is 58.2 Å². The van der Waals surface area contributed by atoms with Crippen LogP contribution in [-0.4, -0.2) is 29.8 Å². The fourth-order valence-corrected chi connectivity index (χ4v) is 3.86. The summed E-state index contributed by atoms with van der Waals surface area (Å²) in [5, 5.41) is 7.35. The van der Waals surface area contributed by atoms with Crippen LogP contribution in [-0.2, 0) is 11.2 Å². The molecule has 6 heteroatoms. The first-order chi connectivity index (χ1) is 13.2. The highest BCUT2D eigenvalue weighted by Gasteiger charge is 2.32. The van der Waals surface area contributed by atoms with Gasteiger partial charge in [0, 0.05) is 35.5 Å². The molecule has 27 heavy (non-hydrogen) atoms. The Hall–Kier alpha value is -2.79. The molecule has 2 heterocycles. The van der Waals surface area contributed by atoms with E-state index in [1.165, 1.54) is 0 Å². The standard InChI is InChI=1S/C21H20ClN3O2/c1-27-18-4-2-3-14(10-18)9-15-7-8-25(21(15)26)17-5-6-19(20(22)11-17)16-12-23-24-13-16/h2-6,10-13,15H,7-9H2,1H3,(H,23,24). The number of H-pyrrole nitrogens is 1. The van der Waals surface area contributed by atoms with Crippen LogP contribution in [0.5, 0.6) is 5.75 Å². The number of hydrogen-bond donors (Lipinski definition) is 1. The van der Waals surface area contributed by atoms with E-state index in [0.717, 1.165) is 34.5 Å². The van der Waals surface area contributed by atoms with Crippen LogP contribution in [0, 0.1) is 5.92 Å². The molecule has 138 valence electrons. The number of carbonyl (C=O) groups excluding carboxylic acids is 1. The van der Waals surface area contributed by atoms with Gasteiger partial charge in [-0.2, -0.15) is 5.10 Å². The largest absolute Gasteiger partial charge is 0.497 e. The maximum Gasteiger partial charge on any atom is 0.230 e. The van der Waals surface area contributed by atoms with Crippen molar-refractivity contribution in [3.63, 3.8) is 0 Å². The monoisotopic (exact) mass is 381 g/mol. The molecule has 5 nitrogen and oxygen atoms in total. The molecule has 1 atom stereocenters. The highest BCUT2D eigenvalue weighted by molar-refractivity contribution is 6.33. The van der Waals surface area contributed by atoms with Crippen molar-refractivity contribution in [2.24, 2.45) is 5.92 Å². The summed E-state index contributed by atoms with van der Waals surface area (Å²) in [6.45, 7) is 0.703. The van der Waals surface area contributed by atoms with Crippen molar-refractivity contribution in [3.8, 4) is 16.9 Å². The van der Waals surface area contributed by atoms with Gasteiger partial charge in [-0.1, -0.05) is 29.8 Å². The number of aromatic amines is 1. The minimum Gasteiger partial charge on any atom is -0.497 e. The van der Waals surface area contributed by atoms with Crippen molar-refractivity contribution < 1.29 is 9.53 Å². The van der Waals surface area contributed by atoms with Gasteiger partial charge in [0.05, 0.1) is 18.3 Å².